The highest BCUT2D eigenvalue weighted by molar-refractivity contribution is 7.99. The molecular formula is C4H5F6NO5S3. The normalized spacial score (nSPS) is 16.7. The van der Waals surface area contributed by atoms with Crippen molar-refractivity contribution in [2.24, 2.45) is 0 Å². The summed E-state index contributed by atoms with van der Waals surface area (Å²) in [7, 11) is -11.0. The van der Waals surface area contributed by atoms with Crippen LogP contribution in [0.1, 0.15) is 0 Å². The summed E-state index contributed by atoms with van der Waals surface area (Å²) in [5.74, 6) is -6.60. The molecule has 0 aromatic rings. The number of nitrogens with one attached hydrogen (secondary N) is 1. The summed E-state index contributed by atoms with van der Waals surface area (Å²) in [6.45, 7) is 0. The van der Waals surface area contributed by atoms with Gasteiger partial charge in [0.05, 0.1) is 0 Å². The standard InChI is InChI=1S/C4H5F6NO5S3/c1-17(12)3(7,8)2(5,6)4(9,10)19(15,16)11-18(13)14/h18H,1H3,(H,11,13,14). The van der Waals surface area contributed by atoms with Crippen LogP contribution in [0.5, 0.6) is 0 Å². The third-order valence-electron chi connectivity index (χ3n) is 1.62. The van der Waals surface area contributed by atoms with Crippen molar-refractivity contribution in [3.63, 3.8) is 0 Å². The lowest BCUT2D eigenvalue weighted by Gasteiger charge is -2.30. The van der Waals surface area contributed by atoms with Crippen LogP contribution in [0.15, 0.2) is 0 Å². The Morgan fingerprint density at radius 3 is 1.74 bits per heavy atom. The molecule has 0 aliphatic carbocycles. The molecule has 0 radical (unpaired) electrons. The largest absolute Gasteiger partial charge is 0.612 e. The number of halogens is 6. The van der Waals surface area contributed by atoms with E-state index in [0.717, 1.165) is 0 Å². The van der Waals surface area contributed by atoms with E-state index in [0.29, 0.717) is 0 Å². The lowest BCUT2D eigenvalue weighted by Crippen LogP contribution is -2.62. The zero-order valence-corrected chi connectivity index (χ0v) is 11.1. The van der Waals surface area contributed by atoms with Gasteiger partial charge in [-0.2, -0.15) is 17.6 Å². The fourth-order valence-electron chi connectivity index (χ4n) is 0.674. The predicted molar refractivity (Wildman–Crippen MR) is 51.3 cm³/mol. The first-order valence-corrected chi connectivity index (χ1v) is 7.96. The van der Waals surface area contributed by atoms with E-state index in [1.165, 1.54) is 0 Å². The molecule has 0 heterocycles. The molecule has 0 bridgehead atoms. The minimum atomic E-state index is -6.68. The number of sulfonamides is 1. The average molecular weight is 357 g/mol. The molecule has 15 heteroatoms. The maximum absolute atomic E-state index is 12.9. The van der Waals surface area contributed by atoms with Crippen molar-refractivity contribution < 1.29 is 47.7 Å². The van der Waals surface area contributed by atoms with Gasteiger partial charge < -0.3 is 4.55 Å². The smallest absolute Gasteiger partial charge is 0.478 e. The molecule has 0 amide bonds. The lowest BCUT2D eigenvalue weighted by atomic mass is 10.3. The number of hydrogen-bond donors (Lipinski definition) is 2. The third kappa shape index (κ3) is 3.09. The first-order valence-electron chi connectivity index (χ1n) is 3.74. The van der Waals surface area contributed by atoms with Gasteiger partial charge in [0.1, 0.15) is 6.26 Å². The van der Waals surface area contributed by atoms with E-state index in [2.05, 4.69) is 0 Å². The van der Waals surface area contributed by atoms with Crippen molar-refractivity contribution in [1.82, 2.24) is 4.13 Å². The van der Waals surface area contributed by atoms with Crippen molar-refractivity contribution in [1.29, 1.82) is 0 Å². The molecule has 0 aromatic heterocycles. The molecule has 0 fully saturated rings. The molecule has 19 heavy (non-hydrogen) atoms. The van der Waals surface area contributed by atoms with Crippen LogP contribution >= 0.6 is 0 Å². The predicted octanol–water partition coefficient (Wildman–Crippen LogP) is -0.368. The summed E-state index contributed by atoms with van der Waals surface area (Å²) < 4.78 is 128. The van der Waals surface area contributed by atoms with Crippen molar-refractivity contribution in [3.05, 3.63) is 0 Å². The second-order valence-corrected chi connectivity index (χ2v) is 7.10. The SMILES string of the molecule is C[S+]([O-])C(F)(F)C(F)(F)C(F)(F)S(=O)(=O)N[SH](=O)=O. The van der Waals surface area contributed by atoms with Crippen LogP contribution in [0.3, 0.4) is 0 Å². The van der Waals surface area contributed by atoms with Crippen molar-refractivity contribution in [2.75, 3.05) is 6.26 Å². The first kappa shape index (κ1) is 18.8. The highest BCUT2D eigenvalue weighted by atomic mass is 32.3. The molecule has 1 N–H and O–H groups in total. The van der Waals surface area contributed by atoms with Gasteiger partial charge >= 0.3 is 16.4 Å². The number of hydrogen-bond acceptors (Lipinski definition) is 5. The maximum Gasteiger partial charge on any atom is 0.478 e. The summed E-state index contributed by atoms with van der Waals surface area (Å²) in [5, 5.41) is -12.4. The maximum atomic E-state index is 12.9. The van der Waals surface area contributed by atoms with Gasteiger partial charge in [0, 0.05) is 11.2 Å². The minimum Gasteiger partial charge on any atom is -0.612 e. The average Bonchev–Trinajstić information content (AvgIpc) is 2.14. The molecule has 0 spiro atoms. The van der Waals surface area contributed by atoms with Crippen LogP contribution in [-0.4, -0.2) is 44.1 Å². The van der Waals surface area contributed by atoms with E-state index in [1.54, 1.807) is 0 Å². The summed E-state index contributed by atoms with van der Waals surface area (Å²) in [4.78, 5) is 0. The molecule has 0 aliphatic heterocycles. The van der Waals surface area contributed by atoms with E-state index in [4.69, 9.17) is 0 Å². The number of thiol groups is 1. The number of alkyl halides is 6. The Kier molecular flexibility index (Phi) is 5.20. The molecule has 1 atom stereocenters. The molecule has 1 unspecified atom stereocenters. The molecular weight excluding hydrogens is 352 g/mol. The Balaban J connectivity index is 5.91. The lowest BCUT2D eigenvalue weighted by molar-refractivity contribution is -0.243. The van der Waals surface area contributed by atoms with E-state index in [1.807, 2.05) is 0 Å². The summed E-state index contributed by atoms with van der Waals surface area (Å²) in [5.41, 5.74) is 0. The van der Waals surface area contributed by atoms with E-state index in [9.17, 15) is 47.7 Å². The van der Waals surface area contributed by atoms with Gasteiger partial charge in [0.15, 0.2) is 0 Å². The van der Waals surface area contributed by atoms with Gasteiger partial charge in [0.25, 0.3) is 10.0 Å². The summed E-state index contributed by atoms with van der Waals surface area (Å²) >= 11 is -3.85. The van der Waals surface area contributed by atoms with Crippen LogP contribution < -0.4 is 4.13 Å². The molecule has 0 rings (SSSR count). The Hall–Kier alpha value is -0.250. The second-order valence-electron chi connectivity index (χ2n) is 2.91. The number of rotatable bonds is 6. The van der Waals surface area contributed by atoms with Gasteiger partial charge in [-0.1, -0.05) is 0 Å². The van der Waals surface area contributed by atoms with Crippen molar-refractivity contribution in [3.8, 4) is 0 Å². The Bertz CT molecular complexity index is 505. The molecule has 6 nitrogen and oxygen atoms in total. The summed E-state index contributed by atoms with van der Waals surface area (Å²) in [6, 6.07) is 0. The van der Waals surface area contributed by atoms with Crippen LogP contribution in [0.25, 0.3) is 0 Å². The Labute approximate surface area is 107 Å². The van der Waals surface area contributed by atoms with Crippen molar-refractivity contribution in [2.45, 2.75) is 16.4 Å². The van der Waals surface area contributed by atoms with Crippen LogP contribution in [-0.2, 0) is 32.1 Å². The molecule has 0 aromatic carbocycles. The molecule has 116 valence electrons. The van der Waals surface area contributed by atoms with Crippen LogP contribution in [0, 0.1) is 0 Å². The highest BCUT2D eigenvalue weighted by Crippen LogP contribution is 2.50. The highest BCUT2D eigenvalue weighted by Gasteiger charge is 2.82. The molecule has 0 saturated heterocycles. The zero-order chi connectivity index (χ0) is 15.9. The fourth-order valence-corrected chi connectivity index (χ4v) is 2.94. The topological polar surface area (TPSA) is 103 Å². The Morgan fingerprint density at radius 1 is 1.11 bits per heavy atom. The van der Waals surface area contributed by atoms with Gasteiger partial charge in [-0.3, -0.25) is 0 Å². The molecule has 0 saturated carbocycles. The van der Waals surface area contributed by atoms with Gasteiger partial charge in [-0.25, -0.2) is 16.8 Å². The van der Waals surface area contributed by atoms with Gasteiger partial charge in [-0.05, 0) is 0 Å². The van der Waals surface area contributed by atoms with Crippen LogP contribution in [0.4, 0.5) is 26.3 Å². The molecule has 0 aliphatic rings. The second kappa shape index (κ2) is 5.27. The third-order valence-corrected chi connectivity index (χ3v) is 5.09. The first-order chi connectivity index (χ1) is 8.11. The zero-order valence-electron chi connectivity index (χ0n) is 8.57. The van der Waals surface area contributed by atoms with Gasteiger partial charge in [-0.15, -0.1) is 12.9 Å². The fraction of sp³-hybridized carbons (Fsp3) is 1.00. The van der Waals surface area contributed by atoms with Crippen molar-refractivity contribution >= 4 is 32.1 Å². The monoisotopic (exact) mass is 357 g/mol. The van der Waals surface area contributed by atoms with E-state index in [-0.39, 0.29) is 10.4 Å². The van der Waals surface area contributed by atoms with Crippen LogP contribution in [0.2, 0.25) is 0 Å². The minimum absolute atomic E-state index is 0.0401. The quantitative estimate of drug-likeness (QED) is 0.384. The Morgan fingerprint density at radius 2 is 1.47 bits per heavy atom. The van der Waals surface area contributed by atoms with E-state index >= 15 is 0 Å². The van der Waals surface area contributed by atoms with Gasteiger partial charge in [0.2, 0.25) is 10.9 Å². The van der Waals surface area contributed by atoms with E-state index < -0.39 is 48.5 Å². The summed E-state index contributed by atoms with van der Waals surface area (Å²) in [6.07, 6.45) is -0.0574.